The van der Waals surface area contributed by atoms with Gasteiger partial charge in [0, 0.05) is 42.5 Å². The molecule has 1 amide bonds. The van der Waals surface area contributed by atoms with Crippen molar-refractivity contribution in [1.29, 1.82) is 0 Å². The van der Waals surface area contributed by atoms with Crippen LogP contribution in [0.3, 0.4) is 0 Å². The normalized spacial score (nSPS) is 19.5. The van der Waals surface area contributed by atoms with E-state index in [1.165, 1.54) is 16.8 Å². The van der Waals surface area contributed by atoms with E-state index in [0.29, 0.717) is 11.6 Å². The van der Waals surface area contributed by atoms with E-state index in [9.17, 15) is 4.79 Å². The zero-order chi connectivity index (χ0) is 22.8. The predicted molar refractivity (Wildman–Crippen MR) is 133 cm³/mol. The fraction of sp³-hybridized carbons (Fsp3) is 0.296. The Morgan fingerprint density at radius 2 is 1.67 bits per heavy atom. The maximum atomic E-state index is 12.6. The molecule has 6 heteroatoms. The van der Waals surface area contributed by atoms with Crippen molar-refractivity contribution in [1.82, 2.24) is 10.2 Å². The minimum atomic E-state index is -0.282. The Hall–Kier alpha value is -3.02. The summed E-state index contributed by atoms with van der Waals surface area (Å²) in [7, 11) is 0. The summed E-state index contributed by atoms with van der Waals surface area (Å²) in [6.07, 6.45) is -0.557. The first-order valence-electron chi connectivity index (χ1n) is 11.5. The molecule has 0 radical (unpaired) electrons. The van der Waals surface area contributed by atoms with E-state index in [4.69, 9.17) is 16.3 Å². The lowest BCUT2D eigenvalue weighted by Gasteiger charge is -2.31. The molecule has 2 atom stereocenters. The highest BCUT2D eigenvalue weighted by atomic mass is 35.5. The summed E-state index contributed by atoms with van der Waals surface area (Å²) in [6.45, 7) is 6.61. The van der Waals surface area contributed by atoms with Crippen molar-refractivity contribution >= 4 is 23.4 Å². The van der Waals surface area contributed by atoms with Crippen LogP contribution >= 0.6 is 11.6 Å². The van der Waals surface area contributed by atoms with Gasteiger partial charge in [-0.25, -0.2) is 4.79 Å². The molecule has 0 bridgehead atoms. The van der Waals surface area contributed by atoms with Crippen molar-refractivity contribution < 1.29 is 9.53 Å². The maximum Gasteiger partial charge on any atom is 0.411 e. The van der Waals surface area contributed by atoms with Gasteiger partial charge < -0.3 is 15.0 Å². The Kier molecular flexibility index (Phi) is 6.25. The summed E-state index contributed by atoms with van der Waals surface area (Å²) < 4.78 is 5.65. The van der Waals surface area contributed by atoms with Gasteiger partial charge >= 0.3 is 6.09 Å². The van der Waals surface area contributed by atoms with Gasteiger partial charge in [-0.05, 0) is 41.8 Å². The average Bonchev–Trinajstić information content (AvgIpc) is 3.26. The lowest BCUT2D eigenvalue weighted by atomic mass is 9.98. The number of para-hydroxylation sites is 1. The van der Waals surface area contributed by atoms with Gasteiger partial charge in [0.05, 0.1) is 12.6 Å². The van der Waals surface area contributed by atoms with Crippen LogP contribution in [0.25, 0.3) is 11.1 Å². The summed E-state index contributed by atoms with van der Waals surface area (Å²) >= 11 is 5.99. The van der Waals surface area contributed by atoms with E-state index in [1.807, 2.05) is 24.3 Å². The number of carbonyl (C=O) groups is 1. The van der Waals surface area contributed by atoms with Crippen molar-refractivity contribution in [2.45, 2.75) is 19.1 Å². The van der Waals surface area contributed by atoms with Gasteiger partial charge in [0.15, 0.2) is 0 Å². The lowest BCUT2D eigenvalue weighted by Crippen LogP contribution is -2.43. The number of amides is 1. The van der Waals surface area contributed by atoms with Crippen molar-refractivity contribution in [3.05, 3.63) is 88.9 Å². The first-order valence-corrected chi connectivity index (χ1v) is 11.9. The fourth-order valence-corrected chi connectivity index (χ4v) is 4.79. The second-order valence-corrected chi connectivity index (χ2v) is 9.06. The molecule has 2 aliphatic rings. The maximum absolute atomic E-state index is 12.6. The number of piperazine rings is 1. The van der Waals surface area contributed by atoms with Crippen molar-refractivity contribution in [2.75, 3.05) is 37.6 Å². The molecule has 3 aromatic carbocycles. The first kappa shape index (κ1) is 21.8. The van der Waals surface area contributed by atoms with Crippen LogP contribution in [0.15, 0.2) is 72.8 Å². The molecule has 3 aromatic rings. The van der Waals surface area contributed by atoms with Gasteiger partial charge in [0.2, 0.25) is 0 Å². The van der Waals surface area contributed by atoms with Crippen LogP contribution in [0.4, 0.5) is 10.5 Å². The summed E-state index contributed by atoms with van der Waals surface area (Å²) in [5.74, 6) is 0. The lowest BCUT2D eigenvalue weighted by molar-refractivity contribution is 0.129. The van der Waals surface area contributed by atoms with E-state index in [0.717, 1.165) is 37.3 Å². The number of cyclic esters (lactones) is 1. The molecule has 0 aromatic heterocycles. The highest BCUT2D eigenvalue weighted by molar-refractivity contribution is 6.30. The number of nitrogens with one attached hydrogen (secondary N) is 1. The molecular weight excluding hydrogens is 434 g/mol. The van der Waals surface area contributed by atoms with Crippen molar-refractivity contribution in [2.24, 2.45) is 0 Å². The summed E-state index contributed by atoms with van der Waals surface area (Å²) in [5.41, 5.74) is 5.74. The predicted octanol–water partition coefficient (Wildman–Crippen LogP) is 5.67. The number of carbonyl (C=O) groups excluding carboxylic acids is 1. The van der Waals surface area contributed by atoms with Crippen LogP contribution in [0, 0.1) is 0 Å². The molecule has 0 spiro atoms. The highest BCUT2D eigenvalue weighted by Gasteiger charge is 2.35. The van der Waals surface area contributed by atoms with Crippen LogP contribution in [-0.2, 0) is 4.74 Å². The van der Waals surface area contributed by atoms with Gasteiger partial charge in [-0.1, -0.05) is 66.2 Å². The first-order chi connectivity index (χ1) is 16.1. The molecule has 0 aliphatic carbocycles. The van der Waals surface area contributed by atoms with Gasteiger partial charge in [0.25, 0.3) is 0 Å². The number of hydrogen-bond acceptors (Lipinski definition) is 4. The van der Waals surface area contributed by atoms with Crippen molar-refractivity contribution in [3.63, 3.8) is 0 Å². The molecule has 1 N–H and O–H groups in total. The zero-order valence-electron chi connectivity index (χ0n) is 18.7. The molecule has 0 saturated carbocycles. The van der Waals surface area contributed by atoms with Crippen LogP contribution in [-0.4, -0.2) is 43.7 Å². The Bertz CT molecular complexity index is 1110. The van der Waals surface area contributed by atoms with E-state index in [1.54, 1.807) is 4.90 Å². The molecule has 5 rings (SSSR count). The third-order valence-electron chi connectivity index (χ3n) is 6.62. The van der Waals surface area contributed by atoms with E-state index in [2.05, 4.69) is 65.7 Å². The van der Waals surface area contributed by atoms with E-state index in [-0.39, 0.29) is 18.2 Å². The third kappa shape index (κ3) is 4.56. The molecule has 170 valence electrons. The SMILES string of the molecule is CC(c1ccc(-c2ccccc2N2CCNCC2)cc1)N1C[C@@H](c2ccc(Cl)cc2)OC1=O. The highest BCUT2D eigenvalue weighted by Crippen LogP contribution is 2.35. The Morgan fingerprint density at radius 1 is 0.970 bits per heavy atom. The number of rotatable bonds is 5. The summed E-state index contributed by atoms with van der Waals surface area (Å²) in [6, 6.07) is 24.6. The third-order valence-corrected chi connectivity index (χ3v) is 6.87. The Balaban J connectivity index is 1.33. The molecule has 2 saturated heterocycles. The molecule has 1 unspecified atom stereocenters. The topological polar surface area (TPSA) is 44.8 Å². The summed E-state index contributed by atoms with van der Waals surface area (Å²) in [4.78, 5) is 16.9. The quantitative estimate of drug-likeness (QED) is 0.531. The second kappa shape index (κ2) is 9.46. The van der Waals surface area contributed by atoms with Crippen LogP contribution in [0.2, 0.25) is 5.02 Å². The Morgan fingerprint density at radius 3 is 2.39 bits per heavy atom. The standard InChI is InChI=1S/C27H28ClN3O2/c1-19(31-18-26(33-27(31)32)22-10-12-23(28)13-11-22)20-6-8-21(9-7-20)24-4-2-3-5-25(24)30-16-14-29-15-17-30/h2-13,19,26,29H,14-18H2,1H3/t19?,26-/m0/s1. The number of anilines is 1. The average molecular weight is 462 g/mol. The van der Waals surface area contributed by atoms with E-state index >= 15 is 0 Å². The fourth-order valence-electron chi connectivity index (χ4n) is 4.67. The molecule has 33 heavy (non-hydrogen) atoms. The molecular formula is C27H28ClN3O2. The molecule has 2 aliphatic heterocycles. The van der Waals surface area contributed by atoms with Crippen molar-refractivity contribution in [3.8, 4) is 11.1 Å². The number of hydrogen-bond donors (Lipinski definition) is 1. The molecule has 2 fully saturated rings. The second-order valence-electron chi connectivity index (χ2n) is 8.63. The van der Waals surface area contributed by atoms with Gasteiger partial charge in [-0.15, -0.1) is 0 Å². The minimum Gasteiger partial charge on any atom is -0.439 e. The minimum absolute atomic E-state index is 0.0766. The van der Waals surface area contributed by atoms with Crippen LogP contribution < -0.4 is 10.2 Å². The molecule has 5 nitrogen and oxygen atoms in total. The smallest absolute Gasteiger partial charge is 0.411 e. The Labute approximate surface area is 199 Å². The monoisotopic (exact) mass is 461 g/mol. The summed E-state index contributed by atoms with van der Waals surface area (Å²) in [5, 5.41) is 4.09. The van der Waals surface area contributed by atoms with Gasteiger partial charge in [-0.2, -0.15) is 0 Å². The number of benzene rings is 3. The van der Waals surface area contributed by atoms with E-state index < -0.39 is 0 Å². The largest absolute Gasteiger partial charge is 0.439 e. The van der Waals surface area contributed by atoms with Gasteiger partial charge in [0.1, 0.15) is 6.10 Å². The van der Waals surface area contributed by atoms with Gasteiger partial charge in [-0.3, -0.25) is 4.90 Å². The van der Waals surface area contributed by atoms with Crippen LogP contribution in [0.5, 0.6) is 0 Å². The number of ether oxygens (including phenoxy) is 1. The number of nitrogens with zero attached hydrogens (tertiary/aromatic N) is 2. The van der Waals surface area contributed by atoms with Crippen LogP contribution in [0.1, 0.15) is 30.2 Å². The number of halogens is 1. The zero-order valence-corrected chi connectivity index (χ0v) is 19.5. The molecule has 2 heterocycles.